The lowest BCUT2D eigenvalue weighted by atomic mass is 9.83. The SMILES string of the molecule is CC(F)(F)C(F)(F)C(F)(F)C(F)(F)C(F)(F)C(F)(F)c1ccc(C(C)(F)C(F)(F)C(F)C(F)(F)C(F)(F)C(F)(F)F)cc1. The van der Waals surface area contributed by atoms with Gasteiger partial charge in [-0.15, -0.1) is 0 Å². The summed E-state index contributed by atoms with van der Waals surface area (Å²) in [5, 5.41) is 0. The van der Waals surface area contributed by atoms with Gasteiger partial charge in [0.25, 0.3) is 0 Å². The van der Waals surface area contributed by atoms with E-state index in [4.69, 9.17) is 0 Å². The van der Waals surface area contributed by atoms with Crippen LogP contribution in [0.2, 0.25) is 0 Å². The van der Waals surface area contributed by atoms with E-state index in [1.807, 2.05) is 0 Å². The van der Waals surface area contributed by atoms with E-state index in [2.05, 4.69) is 0 Å². The van der Waals surface area contributed by atoms with Crippen LogP contribution in [0.3, 0.4) is 0 Å². The van der Waals surface area contributed by atoms with Gasteiger partial charge in [0.1, 0.15) is 0 Å². The van der Waals surface area contributed by atoms with Crippen molar-refractivity contribution in [3.8, 4) is 0 Å². The maximum atomic E-state index is 14.8. The van der Waals surface area contributed by atoms with Crippen LogP contribution in [0, 0.1) is 0 Å². The molecular weight excluding hydrogens is 677 g/mol. The standard InChI is InChI=1S/C20H11F23/c1-10(22,13(27,28)9(21)14(29,30)17(35,36)20(41,42)43)7-3-5-8(6-4-7)12(25,26)16(33,34)19(39,40)18(37,38)15(31,32)11(2,23)24/h3-6,9H,1-2H3. The first-order chi connectivity index (χ1) is 18.4. The molecule has 0 heterocycles. The van der Waals surface area contributed by atoms with Crippen LogP contribution in [0.15, 0.2) is 24.3 Å². The monoisotopic (exact) mass is 688 g/mol. The van der Waals surface area contributed by atoms with E-state index in [1.165, 1.54) is 0 Å². The summed E-state index contributed by atoms with van der Waals surface area (Å²) in [4.78, 5) is 0. The molecule has 0 aliphatic heterocycles. The van der Waals surface area contributed by atoms with E-state index in [0.717, 1.165) is 0 Å². The van der Waals surface area contributed by atoms with Crippen LogP contribution in [0.1, 0.15) is 25.0 Å². The van der Waals surface area contributed by atoms with E-state index >= 15 is 0 Å². The number of alkyl halides is 23. The molecule has 0 N–H and O–H groups in total. The molecule has 1 aromatic carbocycles. The Morgan fingerprint density at radius 3 is 1.07 bits per heavy atom. The molecule has 0 aromatic heterocycles. The van der Waals surface area contributed by atoms with Gasteiger partial charge in [0.15, 0.2) is 5.67 Å². The van der Waals surface area contributed by atoms with E-state index in [-0.39, 0.29) is 0 Å². The lowest BCUT2D eigenvalue weighted by molar-refractivity contribution is -0.425. The van der Waals surface area contributed by atoms with Gasteiger partial charge >= 0.3 is 59.5 Å². The van der Waals surface area contributed by atoms with Gasteiger partial charge in [-0.2, -0.15) is 92.2 Å². The van der Waals surface area contributed by atoms with Gasteiger partial charge < -0.3 is 0 Å². The normalized spacial score (nSPS) is 18.0. The zero-order valence-electron chi connectivity index (χ0n) is 20.1. The minimum atomic E-state index is -8.08. The van der Waals surface area contributed by atoms with Crippen LogP contribution < -0.4 is 0 Å². The van der Waals surface area contributed by atoms with Gasteiger partial charge in [-0.3, -0.25) is 0 Å². The van der Waals surface area contributed by atoms with Gasteiger partial charge in [-0.05, 0) is 12.5 Å². The van der Waals surface area contributed by atoms with Crippen LogP contribution in [0.25, 0.3) is 0 Å². The second-order valence-corrected chi connectivity index (χ2v) is 9.02. The molecule has 0 aliphatic rings. The highest BCUT2D eigenvalue weighted by Crippen LogP contribution is 2.62. The molecule has 1 rings (SSSR count). The highest BCUT2D eigenvalue weighted by atomic mass is 19.4. The molecule has 0 radical (unpaired) electrons. The Hall–Kier alpha value is -2.39. The maximum Gasteiger partial charge on any atom is 0.459 e. The van der Waals surface area contributed by atoms with E-state index in [9.17, 15) is 101 Å². The third-order valence-corrected chi connectivity index (χ3v) is 5.96. The summed E-state index contributed by atoms with van der Waals surface area (Å²) in [5.41, 5.74) is -10.3. The lowest BCUT2D eigenvalue weighted by Gasteiger charge is -2.41. The molecule has 0 saturated carbocycles. The van der Waals surface area contributed by atoms with Crippen LogP contribution >= 0.6 is 0 Å². The molecule has 2 atom stereocenters. The van der Waals surface area contributed by atoms with Crippen molar-refractivity contribution in [3.05, 3.63) is 35.4 Å². The number of hydrogen-bond donors (Lipinski definition) is 0. The van der Waals surface area contributed by atoms with Crippen LogP contribution in [-0.4, -0.2) is 59.7 Å². The van der Waals surface area contributed by atoms with Crippen molar-refractivity contribution in [1.82, 2.24) is 0 Å². The fraction of sp³-hybridized carbons (Fsp3) is 0.700. The first-order valence-electron chi connectivity index (χ1n) is 10.3. The van der Waals surface area contributed by atoms with Crippen LogP contribution in [0.5, 0.6) is 0 Å². The Labute approximate surface area is 222 Å². The third-order valence-electron chi connectivity index (χ3n) is 5.96. The van der Waals surface area contributed by atoms with Gasteiger partial charge in [-0.25, -0.2) is 8.78 Å². The molecule has 0 saturated heterocycles. The highest BCUT2D eigenvalue weighted by molar-refractivity contribution is 5.34. The van der Waals surface area contributed by atoms with Crippen LogP contribution in [-0.2, 0) is 11.6 Å². The molecule has 0 nitrogen and oxygen atoms in total. The predicted molar refractivity (Wildman–Crippen MR) is 95.0 cm³/mol. The fourth-order valence-electron chi connectivity index (χ4n) is 3.05. The van der Waals surface area contributed by atoms with Crippen molar-refractivity contribution in [2.75, 3.05) is 0 Å². The molecule has 23 heteroatoms. The Morgan fingerprint density at radius 1 is 0.419 bits per heavy atom. The largest absolute Gasteiger partial charge is 0.459 e. The summed E-state index contributed by atoms with van der Waals surface area (Å²) in [6, 6.07) is -3.25. The Bertz CT molecular complexity index is 1130. The zero-order valence-corrected chi connectivity index (χ0v) is 20.1. The van der Waals surface area contributed by atoms with Gasteiger partial charge in [-0.1, -0.05) is 24.3 Å². The van der Waals surface area contributed by atoms with E-state index in [1.54, 1.807) is 0 Å². The van der Waals surface area contributed by atoms with Gasteiger partial charge in [0.05, 0.1) is 0 Å². The smallest absolute Gasteiger partial charge is 0.234 e. The summed E-state index contributed by atoms with van der Waals surface area (Å²) in [6.07, 6.45) is -13.5. The Balaban J connectivity index is 3.64. The molecule has 0 aliphatic carbocycles. The van der Waals surface area contributed by atoms with Crippen molar-refractivity contribution >= 4 is 0 Å². The molecule has 0 spiro atoms. The molecule has 0 amide bonds. The summed E-state index contributed by atoms with van der Waals surface area (Å²) >= 11 is 0. The fourth-order valence-corrected chi connectivity index (χ4v) is 3.05. The lowest BCUT2D eigenvalue weighted by Crippen LogP contribution is -2.69. The molecular formula is C20H11F23. The Morgan fingerprint density at radius 2 is 0.744 bits per heavy atom. The molecule has 2 unspecified atom stereocenters. The number of halogens is 23. The molecule has 1 aromatic rings. The van der Waals surface area contributed by atoms with Crippen molar-refractivity contribution in [2.45, 2.75) is 85.2 Å². The number of benzene rings is 1. The summed E-state index contributed by atoms with van der Waals surface area (Å²) in [7, 11) is 0. The molecule has 0 fully saturated rings. The highest BCUT2D eigenvalue weighted by Gasteiger charge is 2.89. The van der Waals surface area contributed by atoms with Crippen molar-refractivity contribution in [3.63, 3.8) is 0 Å². The summed E-state index contributed by atoms with van der Waals surface area (Å²) in [6.45, 7) is -1.93. The summed E-state index contributed by atoms with van der Waals surface area (Å²) in [5.74, 6) is -66.2. The van der Waals surface area contributed by atoms with Gasteiger partial charge in [0.2, 0.25) is 6.17 Å². The quantitative estimate of drug-likeness (QED) is 0.203. The number of rotatable bonds is 11. The minimum Gasteiger partial charge on any atom is -0.234 e. The Kier molecular flexibility index (Phi) is 9.04. The number of hydrogen-bond acceptors (Lipinski definition) is 0. The van der Waals surface area contributed by atoms with Crippen molar-refractivity contribution in [1.29, 1.82) is 0 Å². The summed E-state index contributed by atoms with van der Waals surface area (Å²) < 4.78 is 310. The second-order valence-electron chi connectivity index (χ2n) is 9.02. The van der Waals surface area contributed by atoms with Crippen molar-refractivity contribution < 1.29 is 101 Å². The van der Waals surface area contributed by atoms with E-state index in [0.29, 0.717) is 0 Å². The van der Waals surface area contributed by atoms with Crippen LogP contribution in [0.4, 0.5) is 101 Å². The molecule has 43 heavy (non-hydrogen) atoms. The average molecular weight is 688 g/mol. The average Bonchev–Trinajstić information content (AvgIpc) is 2.81. The predicted octanol–water partition coefficient (Wildman–Crippen LogP) is 9.97. The first kappa shape index (κ1) is 38.6. The maximum absolute atomic E-state index is 14.8. The van der Waals surface area contributed by atoms with Gasteiger partial charge in [0, 0.05) is 12.5 Å². The second kappa shape index (κ2) is 10.1. The molecule has 252 valence electrons. The minimum absolute atomic E-state index is 0.731. The topological polar surface area (TPSA) is 0 Å². The van der Waals surface area contributed by atoms with E-state index < -0.39 is 121 Å². The first-order valence-corrected chi connectivity index (χ1v) is 10.3. The van der Waals surface area contributed by atoms with Crippen molar-refractivity contribution in [2.24, 2.45) is 0 Å². The zero-order chi connectivity index (χ0) is 35.1. The third kappa shape index (κ3) is 5.22. The molecule has 0 bridgehead atoms.